The van der Waals surface area contributed by atoms with Crippen molar-refractivity contribution in [2.24, 2.45) is 12.8 Å². The minimum absolute atomic E-state index is 0.482. The first-order valence-electron chi connectivity index (χ1n) is 4.34. The van der Waals surface area contributed by atoms with Gasteiger partial charge in [-0.1, -0.05) is 0 Å². The summed E-state index contributed by atoms with van der Waals surface area (Å²) in [4.78, 5) is 5.03. The van der Waals surface area contributed by atoms with Crippen LogP contribution in [0.15, 0.2) is 28.5 Å². The standard InChI is InChI=1S/C8H10N6S/c1-14-8(11-12-13-14)15-7-5-10-3-2-6(7)4-9/h2-3,5H,4,9H2,1H3. The lowest BCUT2D eigenvalue weighted by Crippen LogP contribution is -1.99. The molecule has 0 saturated carbocycles. The van der Waals surface area contributed by atoms with Crippen LogP contribution >= 0.6 is 11.8 Å². The molecule has 0 unspecified atom stereocenters. The number of aryl methyl sites for hydroxylation is 1. The Labute approximate surface area is 90.9 Å². The fourth-order valence-corrected chi connectivity index (χ4v) is 1.91. The van der Waals surface area contributed by atoms with E-state index in [1.807, 2.05) is 6.07 Å². The number of tetrazole rings is 1. The summed E-state index contributed by atoms with van der Waals surface area (Å²) in [5, 5.41) is 11.9. The molecule has 78 valence electrons. The largest absolute Gasteiger partial charge is 0.326 e. The van der Waals surface area contributed by atoms with Crippen molar-refractivity contribution >= 4 is 11.8 Å². The van der Waals surface area contributed by atoms with Gasteiger partial charge in [0.05, 0.1) is 0 Å². The monoisotopic (exact) mass is 222 g/mol. The maximum Gasteiger partial charge on any atom is 0.213 e. The molecule has 2 heterocycles. The molecule has 0 bridgehead atoms. The average Bonchev–Trinajstić information content (AvgIpc) is 2.65. The Balaban J connectivity index is 2.28. The van der Waals surface area contributed by atoms with Gasteiger partial charge in [-0.3, -0.25) is 4.98 Å². The van der Waals surface area contributed by atoms with Crippen LogP contribution in [0.4, 0.5) is 0 Å². The van der Waals surface area contributed by atoms with Crippen molar-refractivity contribution in [3.63, 3.8) is 0 Å². The van der Waals surface area contributed by atoms with Gasteiger partial charge in [-0.15, -0.1) is 5.10 Å². The molecular formula is C8H10N6S. The van der Waals surface area contributed by atoms with E-state index in [0.717, 1.165) is 15.6 Å². The van der Waals surface area contributed by atoms with E-state index in [2.05, 4.69) is 20.5 Å². The van der Waals surface area contributed by atoms with E-state index >= 15 is 0 Å². The molecule has 0 aliphatic carbocycles. The third-order valence-corrected chi connectivity index (χ3v) is 2.99. The summed E-state index contributed by atoms with van der Waals surface area (Å²) >= 11 is 1.46. The summed E-state index contributed by atoms with van der Waals surface area (Å²) in [7, 11) is 1.79. The van der Waals surface area contributed by atoms with Crippen molar-refractivity contribution in [2.45, 2.75) is 16.6 Å². The molecule has 0 aromatic carbocycles. The molecule has 0 saturated heterocycles. The van der Waals surface area contributed by atoms with Crippen molar-refractivity contribution in [1.82, 2.24) is 25.2 Å². The van der Waals surface area contributed by atoms with Gasteiger partial charge in [-0.05, 0) is 33.8 Å². The van der Waals surface area contributed by atoms with Crippen molar-refractivity contribution in [3.8, 4) is 0 Å². The van der Waals surface area contributed by atoms with Gasteiger partial charge < -0.3 is 5.73 Å². The number of nitrogens with zero attached hydrogens (tertiary/aromatic N) is 5. The molecule has 15 heavy (non-hydrogen) atoms. The molecule has 2 rings (SSSR count). The maximum absolute atomic E-state index is 5.62. The number of hydrogen-bond donors (Lipinski definition) is 1. The Hall–Kier alpha value is -1.47. The maximum atomic E-state index is 5.62. The van der Waals surface area contributed by atoms with Crippen LogP contribution in [0.1, 0.15) is 5.56 Å². The van der Waals surface area contributed by atoms with E-state index in [9.17, 15) is 0 Å². The fraction of sp³-hybridized carbons (Fsp3) is 0.250. The Kier molecular flexibility index (Phi) is 2.93. The molecule has 0 spiro atoms. The molecule has 7 heteroatoms. The molecule has 2 aromatic heterocycles. The van der Waals surface area contributed by atoms with Crippen molar-refractivity contribution in [3.05, 3.63) is 24.0 Å². The Morgan fingerprint density at radius 3 is 3.07 bits per heavy atom. The van der Waals surface area contributed by atoms with Gasteiger partial charge in [0.2, 0.25) is 5.16 Å². The van der Waals surface area contributed by atoms with Crippen LogP contribution in [0, 0.1) is 0 Å². The fourth-order valence-electron chi connectivity index (χ4n) is 1.08. The number of aromatic nitrogens is 5. The van der Waals surface area contributed by atoms with Crippen LogP contribution in [0.25, 0.3) is 0 Å². The molecular weight excluding hydrogens is 212 g/mol. The second-order valence-electron chi connectivity index (χ2n) is 2.87. The molecule has 0 aliphatic rings. The highest BCUT2D eigenvalue weighted by atomic mass is 32.2. The topological polar surface area (TPSA) is 82.5 Å². The molecule has 0 atom stereocenters. The predicted octanol–water partition coefficient (Wildman–Crippen LogP) is 0.215. The first-order valence-corrected chi connectivity index (χ1v) is 5.16. The Morgan fingerprint density at radius 2 is 2.40 bits per heavy atom. The van der Waals surface area contributed by atoms with Gasteiger partial charge in [0.15, 0.2) is 0 Å². The first kappa shape index (κ1) is 10.1. The summed E-state index contributed by atoms with van der Waals surface area (Å²) in [5.41, 5.74) is 6.66. The second-order valence-corrected chi connectivity index (χ2v) is 3.88. The van der Waals surface area contributed by atoms with Gasteiger partial charge in [-0.25, -0.2) is 4.68 Å². The van der Waals surface area contributed by atoms with E-state index in [1.165, 1.54) is 11.8 Å². The molecule has 0 fully saturated rings. The summed E-state index contributed by atoms with van der Waals surface area (Å²) in [6, 6.07) is 1.89. The molecule has 2 N–H and O–H groups in total. The zero-order valence-electron chi connectivity index (χ0n) is 8.16. The van der Waals surface area contributed by atoms with Gasteiger partial charge in [0, 0.05) is 30.9 Å². The lowest BCUT2D eigenvalue weighted by Gasteiger charge is -2.04. The van der Waals surface area contributed by atoms with Gasteiger partial charge in [0.1, 0.15) is 0 Å². The Morgan fingerprint density at radius 1 is 1.53 bits per heavy atom. The highest BCUT2D eigenvalue weighted by Crippen LogP contribution is 2.26. The van der Waals surface area contributed by atoms with Crippen molar-refractivity contribution in [2.75, 3.05) is 0 Å². The quantitative estimate of drug-likeness (QED) is 0.799. The van der Waals surface area contributed by atoms with E-state index in [1.54, 1.807) is 24.1 Å². The number of nitrogens with two attached hydrogens (primary N) is 1. The summed E-state index contributed by atoms with van der Waals surface area (Å²) in [6.45, 7) is 0.482. The highest BCUT2D eigenvalue weighted by molar-refractivity contribution is 7.99. The zero-order chi connectivity index (χ0) is 10.7. The molecule has 0 amide bonds. The Bertz CT molecular complexity index is 454. The normalized spacial score (nSPS) is 10.5. The van der Waals surface area contributed by atoms with Crippen molar-refractivity contribution < 1.29 is 0 Å². The zero-order valence-corrected chi connectivity index (χ0v) is 8.98. The van der Waals surface area contributed by atoms with E-state index in [-0.39, 0.29) is 0 Å². The lowest BCUT2D eigenvalue weighted by molar-refractivity contribution is 0.664. The van der Waals surface area contributed by atoms with Gasteiger partial charge in [-0.2, -0.15) is 0 Å². The van der Waals surface area contributed by atoms with Crippen LogP contribution in [0.5, 0.6) is 0 Å². The summed E-state index contributed by atoms with van der Waals surface area (Å²) in [5.74, 6) is 0. The third kappa shape index (κ3) is 2.13. The first-order chi connectivity index (χ1) is 7.31. The molecule has 6 nitrogen and oxygen atoms in total. The second kappa shape index (κ2) is 4.37. The molecule has 0 radical (unpaired) electrons. The van der Waals surface area contributed by atoms with E-state index in [0.29, 0.717) is 6.54 Å². The molecule has 2 aromatic rings. The lowest BCUT2D eigenvalue weighted by atomic mass is 10.3. The summed E-state index contributed by atoms with van der Waals surface area (Å²) in [6.07, 6.45) is 3.49. The van der Waals surface area contributed by atoms with E-state index in [4.69, 9.17) is 5.73 Å². The van der Waals surface area contributed by atoms with Crippen LogP contribution in [-0.2, 0) is 13.6 Å². The average molecular weight is 222 g/mol. The van der Waals surface area contributed by atoms with E-state index < -0.39 is 0 Å². The predicted molar refractivity (Wildman–Crippen MR) is 55.0 cm³/mol. The van der Waals surface area contributed by atoms with Crippen LogP contribution in [0.2, 0.25) is 0 Å². The van der Waals surface area contributed by atoms with Gasteiger partial charge >= 0.3 is 0 Å². The van der Waals surface area contributed by atoms with Crippen LogP contribution in [0.3, 0.4) is 0 Å². The third-order valence-electron chi connectivity index (χ3n) is 1.87. The number of pyridine rings is 1. The minimum atomic E-state index is 0.482. The van der Waals surface area contributed by atoms with Crippen LogP contribution < -0.4 is 5.73 Å². The van der Waals surface area contributed by atoms with Gasteiger partial charge in [0.25, 0.3) is 0 Å². The van der Waals surface area contributed by atoms with Crippen LogP contribution in [-0.4, -0.2) is 25.2 Å². The SMILES string of the molecule is Cn1nnnc1Sc1cnccc1CN. The van der Waals surface area contributed by atoms with Crippen molar-refractivity contribution in [1.29, 1.82) is 0 Å². The molecule has 0 aliphatic heterocycles. The minimum Gasteiger partial charge on any atom is -0.326 e. The summed E-state index contributed by atoms with van der Waals surface area (Å²) < 4.78 is 1.61. The number of rotatable bonds is 3. The highest BCUT2D eigenvalue weighted by Gasteiger charge is 2.07. The number of hydrogen-bond acceptors (Lipinski definition) is 6. The smallest absolute Gasteiger partial charge is 0.213 e.